The first-order valence-electron chi connectivity index (χ1n) is 4.74. The predicted octanol–water partition coefficient (Wildman–Crippen LogP) is 1.74. The summed E-state index contributed by atoms with van der Waals surface area (Å²) < 4.78 is 0. The SMILES string of the molecule is C=C(C)C(=O)O.C=CC(=O)NCCCC. The van der Waals surface area contributed by atoms with Crippen LogP contribution in [0.5, 0.6) is 0 Å². The van der Waals surface area contributed by atoms with Crippen LogP contribution in [0.25, 0.3) is 0 Å². The van der Waals surface area contributed by atoms with E-state index in [-0.39, 0.29) is 11.5 Å². The maximum absolute atomic E-state index is 10.5. The van der Waals surface area contributed by atoms with Crippen LogP contribution in [0.15, 0.2) is 24.8 Å². The summed E-state index contributed by atoms with van der Waals surface area (Å²) in [5.41, 5.74) is 0.176. The zero-order valence-corrected chi connectivity index (χ0v) is 9.38. The smallest absolute Gasteiger partial charge is 0.330 e. The highest BCUT2D eigenvalue weighted by molar-refractivity contribution is 5.86. The van der Waals surface area contributed by atoms with E-state index in [1.165, 1.54) is 13.0 Å². The molecule has 15 heavy (non-hydrogen) atoms. The first-order chi connectivity index (χ1) is 6.95. The quantitative estimate of drug-likeness (QED) is 0.540. The molecule has 0 aliphatic heterocycles. The molecule has 86 valence electrons. The second-order valence-electron chi connectivity index (χ2n) is 2.93. The largest absolute Gasteiger partial charge is 0.478 e. The van der Waals surface area contributed by atoms with Crippen molar-refractivity contribution in [1.82, 2.24) is 5.32 Å². The van der Waals surface area contributed by atoms with E-state index in [9.17, 15) is 9.59 Å². The third kappa shape index (κ3) is 15.2. The standard InChI is InChI=1S/C7H13NO.C4H6O2/c1-3-5-6-8-7(9)4-2;1-3(2)4(5)6/h4H,2-3,5-6H2,1H3,(H,8,9);1H2,2H3,(H,5,6). The number of aliphatic carboxylic acids is 1. The van der Waals surface area contributed by atoms with Crippen LogP contribution in [0, 0.1) is 0 Å². The van der Waals surface area contributed by atoms with Crippen molar-refractivity contribution in [2.24, 2.45) is 0 Å². The van der Waals surface area contributed by atoms with E-state index >= 15 is 0 Å². The lowest BCUT2D eigenvalue weighted by molar-refractivity contribution is -0.132. The minimum Gasteiger partial charge on any atom is -0.478 e. The third-order valence-corrected chi connectivity index (χ3v) is 1.38. The van der Waals surface area contributed by atoms with Crippen molar-refractivity contribution in [3.05, 3.63) is 24.8 Å². The van der Waals surface area contributed by atoms with Gasteiger partial charge in [-0.1, -0.05) is 26.5 Å². The molecule has 0 saturated carbocycles. The van der Waals surface area contributed by atoms with Crippen molar-refractivity contribution in [2.45, 2.75) is 26.7 Å². The topological polar surface area (TPSA) is 66.4 Å². The van der Waals surface area contributed by atoms with Gasteiger partial charge >= 0.3 is 5.97 Å². The lowest BCUT2D eigenvalue weighted by atomic mass is 10.3. The number of carbonyl (C=O) groups is 2. The van der Waals surface area contributed by atoms with E-state index in [2.05, 4.69) is 25.4 Å². The Kier molecular flexibility index (Phi) is 11.1. The van der Waals surface area contributed by atoms with Crippen LogP contribution in [0.1, 0.15) is 26.7 Å². The number of nitrogens with one attached hydrogen (secondary N) is 1. The molecule has 0 saturated heterocycles. The Bertz CT molecular complexity index is 222. The van der Waals surface area contributed by atoms with Gasteiger partial charge in [0.2, 0.25) is 5.91 Å². The molecule has 0 unspecified atom stereocenters. The monoisotopic (exact) mass is 213 g/mol. The molecular formula is C11H19NO3. The van der Waals surface area contributed by atoms with Gasteiger partial charge in [0.25, 0.3) is 0 Å². The molecule has 0 aliphatic rings. The summed E-state index contributed by atoms with van der Waals surface area (Å²) in [4.78, 5) is 20.1. The van der Waals surface area contributed by atoms with Crippen LogP contribution in [0.4, 0.5) is 0 Å². The van der Waals surface area contributed by atoms with Crippen molar-refractivity contribution >= 4 is 11.9 Å². The molecule has 0 aromatic carbocycles. The summed E-state index contributed by atoms with van der Waals surface area (Å²) in [6.07, 6.45) is 3.44. The molecule has 0 aromatic heterocycles. The number of unbranched alkanes of at least 4 members (excludes halogenated alkanes) is 1. The van der Waals surface area contributed by atoms with Crippen LogP contribution >= 0.6 is 0 Å². The molecular weight excluding hydrogens is 194 g/mol. The van der Waals surface area contributed by atoms with Gasteiger partial charge in [0.15, 0.2) is 0 Å². The normalized spacial score (nSPS) is 8.13. The molecule has 0 aliphatic carbocycles. The van der Waals surface area contributed by atoms with E-state index in [4.69, 9.17) is 5.11 Å². The van der Waals surface area contributed by atoms with E-state index in [1.54, 1.807) is 0 Å². The third-order valence-electron chi connectivity index (χ3n) is 1.38. The maximum atomic E-state index is 10.5. The Balaban J connectivity index is 0. The molecule has 4 heteroatoms. The van der Waals surface area contributed by atoms with Gasteiger partial charge in [0.1, 0.15) is 0 Å². The van der Waals surface area contributed by atoms with Gasteiger partial charge in [-0.05, 0) is 19.4 Å². The lowest BCUT2D eigenvalue weighted by Crippen LogP contribution is -2.21. The maximum Gasteiger partial charge on any atom is 0.330 e. The first-order valence-corrected chi connectivity index (χ1v) is 4.74. The van der Waals surface area contributed by atoms with Crippen molar-refractivity contribution < 1.29 is 14.7 Å². The highest BCUT2D eigenvalue weighted by atomic mass is 16.4. The van der Waals surface area contributed by atoms with Crippen LogP contribution in [0.3, 0.4) is 0 Å². The average molecular weight is 213 g/mol. The van der Waals surface area contributed by atoms with Crippen molar-refractivity contribution in [3.63, 3.8) is 0 Å². The second-order valence-corrected chi connectivity index (χ2v) is 2.93. The molecule has 0 heterocycles. The fourth-order valence-electron chi connectivity index (χ4n) is 0.461. The molecule has 4 nitrogen and oxygen atoms in total. The predicted molar refractivity (Wildman–Crippen MR) is 60.6 cm³/mol. The van der Waals surface area contributed by atoms with Gasteiger partial charge < -0.3 is 10.4 Å². The highest BCUT2D eigenvalue weighted by Gasteiger charge is 1.90. The van der Waals surface area contributed by atoms with Gasteiger partial charge in [-0.15, -0.1) is 0 Å². The van der Waals surface area contributed by atoms with Crippen molar-refractivity contribution in [3.8, 4) is 0 Å². The van der Waals surface area contributed by atoms with E-state index < -0.39 is 5.97 Å². The number of hydrogen-bond donors (Lipinski definition) is 2. The molecule has 2 N–H and O–H groups in total. The highest BCUT2D eigenvalue weighted by Crippen LogP contribution is 1.81. The van der Waals surface area contributed by atoms with Crippen molar-refractivity contribution in [1.29, 1.82) is 0 Å². The van der Waals surface area contributed by atoms with Crippen LogP contribution < -0.4 is 5.32 Å². The minimum absolute atomic E-state index is 0.0801. The number of amides is 1. The second kappa shape index (κ2) is 10.5. The summed E-state index contributed by atoms with van der Waals surface area (Å²) in [7, 11) is 0. The molecule has 0 atom stereocenters. The summed E-state index contributed by atoms with van der Waals surface area (Å²) in [6, 6.07) is 0. The Morgan fingerprint density at radius 1 is 1.47 bits per heavy atom. The minimum atomic E-state index is -0.935. The Morgan fingerprint density at radius 3 is 2.20 bits per heavy atom. The Labute approximate surface area is 90.7 Å². The summed E-state index contributed by atoms with van der Waals surface area (Å²) in [6.45, 7) is 10.8. The number of hydrogen-bond acceptors (Lipinski definition) is 2. The first kappa shape index (κ1) is 15.9. The Hall–Kier alpha value is -1.58. The zero-order valence-electron chi connectivity index (χ0n) is 9.38. The average Bonchev–Trinajstić information content (AvgIpc) is 2.18. The van der Waals surface area contributed by atoms with Gasteiger partial charge in [-0.2, -0.15) is 0 Å². The van der Waals surface area contributed by atoms with Gasteiger partial charge in [0.05, 0.1) is 0 Å². The lowest BCUT2D eigenvalue weighted by Gasteiger charge is -1.97. The molecule has 0 fully saturated rings. The van der Waals surface area contributed by atoms with Gasteiger partial charge in [-0.25, -0.2) is 4.79 Å². The fourth-order valence-corrected chi connectivity index (χ4v) is 0.461. The van der Waals surface area contributed by atoms with Gasteiger partial charge in [0, 0.05) is 12.1 Å². The van der Waals surface area contributed by atoms with E-state index in [0.29, 0.717) is 0 Å². The number of carboxylic acid groups (broad SMARTS) is 1. The molecule has 0 spiro atoms. The van der Waals surface area contributed by atoms with Gasteiger partial charge in [-0.3, -0.25) is 4.79 Å². The van der Waals surface area contributed by atoms with Crippen LogP contribution in [0.2, 0.25) is 0 Å². The van der Waals surface area contributed by atoms with Crippen LogP contribution in [-0.2, 0) is 9.59 Å². The summed E-state index contributed by atoms with van der Waals surface area (Å²) in [5.74, 6) is -1.02. The molecule has 0 radical (unpaired) electrons. The zero-order chi connectivity index (χ0) is 12.3. The summed E-state index contributed by atoms with van der Waals surface area (Å²) in [5, 5.41) is 10.6. The van der Waals surface area contributed by atoms with E-state index in [0.717, 1.165) is 19.4 Å². The molecule has 1 amide bonds. The number of carboxylic acids is 1. The van der Waals surface area contributed by atoms with Crippen molar-refractivity contribution in [2.75, 3.05) is 6.54 Å². The Morgan fingerprint density at radius 2 is 1.93 bits per heavy atom. The molecule has 0 rings (SSSR count). The van der Waals surface area contributed by atoms with Crippen LogP contribution in [-0.4, -0.2) is 23.5 Å². The fraction of sp³-hybridized carbons (Fsp3) is 0.455. The molecule has 0 bridgehead atoms. The number of carbonyl (C=O) groups excluding carboxylic acids is 1. The number of rotatable bonds is 5. The molecule has 0 aromatic rings. The summed E-state index contributed by atoms with van der Waals surface area (Å²) >= 11 is 0. The van der Waals surface area contributed by atoms with E-state index in [1.807, 2.05) is 0 Å².